The van der Waals surface area contributed by atoms with Gasteiger partial charge in [-0.3, -0.25) is 16.0 Å². The maximum Gasteiger partial charge on any atom is 0.269 e. The van der Waals surface area contributed by atoms with Gasteiger partial charge < -0.3 is 4.42 Å². The van der Waals surface area contributed by atoms with E-state index in [1.165, 1.54) is 0 Å². The number of hydrogen-bond acceptors (Lipinski definition) is 7. The number of rotatable bonds is 6. The summed E-state index contributed by atoms with van der Waals surface area (Å²) in [5.41, 5.74) is 1.09. The van der Waals surface area contributed by atoms with Crippen LogP contribution in [0.5, 0.6) is 0 Å². The SMILES string of the molecule is NN(CCc1nc2ccccc2o1)S(=O)(=O)c1ccc([N+](=O)[O-])cc1. The molecular weight excluding hydrogens is 348 g/mol. The number of hydrazine groups is 1. The molecule has 9 nitrogen and oxygen atoms in total. The first-order chi connectivity index (χ1) is 11.9. The highest BCUT2D eigenvalue weighted by Crippen LogP contribution is 2.19. The predicted octanol–water partition coefficient (Wildman–Crippen LogP) is 1.84. The number of nitrogens with zero attached hydrogens (tertiary/aromatic N) is 3. The first kappa shape index (κ1) is 17.0. The van der Waals surface area contributed by atoms with Crippen LogP contribution in [0, 0.1) is 10.1 Å². The lowest BCUT2D eigenvalue weighted by Crippen LogP contribution is -2.38. The molecule has 25 heavy (non-hydrogen) atoms. The summed E-state index contributed by atoms with van der Waals surface area (Å²) < 4.78 is 31.0. The molecule has 1 heterocycles. The summed E-state index contributed by atoms with van der Waals surface area (Å²) in [7, 11) is -3.96. The molecule has 0 saturated heterocycles. The van der Waals surface area contributed by atoms with E-state index in [9.17, 15) is 18.5 Å². The molecule has 130 valence electrons. The third kappa shape index (κ3) is 3.50. The molecule has 10 heteroatoms. The maximum absolute atomic E-state index is 12.4. The van der Waals surface area contributed by atoms with E-state index < -0.39 is 14.9 Å². The lowest BCUT2D eigenvalue weighted by atomic mass is 10.3. The number of fused-ring (bicyclic) bond motifs is 1. The summed E-state index contributed by atoms with van der Waals surface area (Å²) >= 11 is 0. The van der Waals surface area contributed by atoms with Crippen LogP contribution in [0.4, 0.5) is 5.69 Å². The lowest BCUT2D eigenvalue weighted by Gasteiger charge is -2.15. The van der Waals surface area contributed by atoms with Crippen molar-refractivity contribution in [2.75, 3.05) is 6.54 Å². The van der Waals surface area contributed by atoms with Crippen molar-refractivity contribution >= 4 is 26.8 Å². The Bertz CT molecular complexity index is 981. The Morgan fingerprint density at radius 2 is 1.84 bits per heavy atom. The zero-order valence-corrected chi connectivity index (χ0v) is 13.7. The monoisotopic (exact) mass is 362 g/mol. The number of para-hydroxylation sites is 2. The van der Waals surface area contributed by atoms with Crippen molar-refractivity contribution in [2.45, 2.75) is 11.3 Å². The largest absolute Gasteiger partial charge is 0.441 e. The normalized spacial score (nSPS) is 11.9. The Morgan fingerprint density at radius 1 is 1.16 bits per heavy atom. The molecule has 0 atom stereocenters. The second-order valence-electron chi connectivity index (χ2n) is 5.19. The first-order valence-corrected chi connectivity index (χ1v) is 8.68. The van der Waals surface area contributed by atoms with E-state index in [4.69, 9.17) is 10.3 Å². The van der Waals surface area contributed by atoms with Gasteiger partial charge in [0.15, 0.2) is 11.5 Å². The Balaban J connectivity index is 1.72. The first-order valence-electron chi connectivity index (χ1n) is 7.24. The molecule has 0 bridgehead atoms. The maximum atomic E-state index is 12.4. The van der Waals surface area contributed by atoms with Gasteiger partial charge in [-0.1, -0.05) is 12.1 Å². The standard InChI is InChI=1S/C15H14N4O5S/c16-18(10-9-15-17-13-3-1-2-4-14(13)24-15)25(22,23)12-7-5-11(6-8-12)19(20)21/h1-8H,9-10,16H2. The summed E-state index contributed by atoms with van der Waals surface area (Å²) in [5.74, 6) is 6.04. The molecule has 0 saturated carbocycles. The van der Waals surface area contributed by atoms with E-state index in [0.717, 1.165) is 24.3 Å². The quantitative estimate of drug-likeness (QED) is 0.402. The van der Waals surface area contributed by atoms with Crippen molar-refractivity contribution in [1.29, 1.82) is 0 Å². The number of oxazole rings is 1. The van der Waals surface area contributed by atoms with Gasteiger partial charge in [0.2, 0.25) is 0 Å². The fourth-order valence-corrected chi connectivity index (χ4v) is 3.31. The van der Waals surface area contributed by atoms with Crippen LogP contribution in [0.25, 0.3) is 11.1 Å². The summed E-state index contributed by atoms with van der Waals surface area (Å²) in [6.07, 6.45) is 0.192. The topological polar surface area (TPSA) is 133 Å². The van der Waals surface area contributed by atoms with Crippen LogP contribution >= 0.6 is 0 Å². The van der Waals surface area contributed by atoms with Crippen LogP contribution in [-0.4, -0.2) is 29.3 Å². The minimum atomic E-state index is -3.96. The van der Waals surface area contributed by atoms with E-state index in [0.29, 0.717) is 21.4 Å². The summed E-state index contributed by atoms with van der Waals surface area (Å²) in [4.78, 5) is 14.2. The van der Waals surface area contributed by atoms with Crippen molar-refractivity contribution in [1.82, 2.24) is 9.40 Å². The van der Waals surface area contributed by atoms with E-state index in [1.54, 1.807) is 12.1 Å². The average Bonchev–Trinajstić information content (AvgIpc) is 3.02. The number of sulfonamides is 1. The number of benzene rings is 2. The fourth-order valence-electron chi connectivity index (χ4n) is 2.23. The third-order valence-electron chi connectivity index (χ3n) is 3.54. The molecule has 0 aliphatic carbocycles. The van der Waals surface area contributed by atoms with Gasteiger partial charge in [0, 0.05) is 25.1 Å². The van der Waals surface area contributed by atoms with Gasteiger partial charge in [-0.2, -0.15) is 0 Å². The Labute approximate surface area is 142 Å². The van der Waals surface area contributed by atoms with Crippen molar-refractivity contribution in [3.05, 3.63) is 64.5 Å². The summed E-state index contributed by atoms with van der Waals surface area (Å²) in [6, 6.07) is 11.7. The molecule has 0 spiro atoms. The Morgan fingerprint density at radius 3 is 2.48 bits per heavy atom. The molecule has 0 aliphatic rings. The molecule has 0 aliphatic heterocycles. The highest BCUT2D eigenvalue weighted by molar-refractivity contribution is 7.89. The molecule has 0 amide bonds. The van der Waals surface area contributed by atoms with Crippen LogP contribution in [0.3, 0.4) is 0 Å². The molecule has 3 aromatic rings. The minimum Gasteiger partial charge on any atom is -0.441 e. The van der Waals surface area contributed by atoms with Gasteiger partial charge in [-0.05, 0) is 24.3 Å². The van der Waals surface area contributed by atoms with Crippen molar-refractivity contribution in [3.63, 3.8) is 0 Å². The van der Waals surface area contributed by atoms with Crippen LogP contribution in [0.15, 0.2) is 57.8 Å². The number of nitro benzene ring substituents is 1. The van der Waals surface area contributed by atoms with Gasteiger partial charge in [-0.15, -0.1) is 4.41 Å². The zero-order valence-electron chi connectivity index (χ0n) is 12.9. The predicted molar refractivity (Wildman–Crippen MR) is 88.9 cm³/mol. The average molecular weight is 362 g/mol. The van der Waals surface area contributed by atoms with E-state index in [1.807, 2.05) is 12.1 Å². The molecule has 3 rings (SSSR count). The highest BCUT2D eigenvalue weighted by Gasteiger charge is 2.23. The van der Waals surface area contributed by atoms with Gasteiger partial charge in [-0.25, -0.2) is 13.4 Å². The van der Waals surface area contributed by atoms with Crippen LogP contribution < -0.4 is 5.84 Å². The number of hydrogen-bond donors (Lipinski definition) is 1. The molecule has 0 fully saturated rings. The minimum absolute atomic E-state index is 0.0495. The number of non-ortho nitro benzene ring substituents is 1. The second-order valence-corrected chi connectivity index (χ2v) is 7.08. The van der Waals surface area contributed by atoms with E-state index in [2.05, 4.69) is 4.98 Å². The molecule has 2 N–H and O–H groups in total. The smallest absolute Gasteiger partial charge is 0.269 e. The lowest BCUT2D eigenvalue weighted by molar-refractivity contribution is -0.384. The van der Waals surface area contributed by atoms with Crippen molar-refractivity contribution in [3.8, 4) is 0 Å². The molecule has 2 aromatic carbocycles. The van der Waals surface area contributed by atoms with Crippen molar-refractivity contribution < 1.29 is 17.8 Å². The highest BCUT2D eigenvalue weighted by atomic mass is 32.2. The van der Waals surface area contributed by atoms with Crippen molar-refractivity contribution in [2.24, 2.45) is 5.84 Å². The number of nitro groups is 1. The fraction of sp³-hybridized carbons (Fsp3) is 0.133. The van der Waals surface area contributed by atoms with Crippen LogP contribution in [-0.2, 0) is 16.4 Å². The summed E-state index contributed by atoms with van der Waals surface area (Å²) in [5, 5.41) is 10.6. The van der Waals surface area contributed by atoms with Gasteiger partial charge in [0.05, 0.1) is 9.82 Å². The van der Waals surface area contributed by atoms with E-state index >= 15 is 0 Å². The number of aromatic nitrogens is 1. The number of nitrogens with two attached hydrogens (primary N) is 1. The zero-order chi connectivity index (χ0) is 18.0. The summed E-state index contributed by atoms with van der Waals surface area (Å²) in [6.45, 7) is -0.0495. The third-order valence-corrected chi connectivity index (χ3v) is 5.21. The van der Waals surface area contributed by atoms with Gasteiger partial charge in [0.1, 0.15) is 5.52 Å². The molecule has 0 radical (unpaired) electrons. The van der Waals surface area contributed by atoms with Gasteiger partial charge in [0.25, 0.3) is 15.7 Å². The Kier molecular flexibility index (Phi) is 4.49. The molecule has 1 aromatic heterocycles. The molecule has 0 unspecified atom stereocenters. The Hall–Kier alpha value is -2.82. The molecular formula is C15H14N4O5S. The van der Waals surface area contributed by atoms with Crippen LogP contribution in [0.2, 0.25) is 0 Å². The van der Waals surface area contributed by atoms with Crippen LogP contribution in [0.1, 0.15) is 5.89 Å². The second kappa shape index (κ2) is 6.59. The van der Waals surface area contributed by atoms with E-state index in [-0.39, 0.29) is 23.5 Å². The van der Waals surface area contributed by atoms with Gasteiger partial charge >= 0.3 is 0 Å².